The van der Waals surface area contributed by atoms with E-state index in [-0.39, 0.29) is 5.02 Å². The Morgan fingerprint density at radius 1 is 0.976 bits per heavy atom. The molecule has 1 unspecified atom stereocenters. The second kappa shape index (κ2) is 11.9. The zero-order chi connectivity index (χ0) is 30.3. The van der Waals surface area contributed by atoms with Crippen LogP contribution in [0.4, 0.5) is 18.9 Å². The summed E-state index contributed by atoms with van der Waals surface area (Å²) < 4.78 is 44.8. The molecule has 2 heterocycles. The first kappa shape index (κ1) is 31.3. The third-order valence-electron chi connectivity index (χ3n) is 8.62. The molecular weight excluding hydrogens is 565 g/mol. The summed E-state index contributed by atoms with van der Waals surface area (Å²) in [6.45, 7) is 18.5. The van der Waals surface area contributed by atoms with Gasteiger partial charge in [-0.05, 0) is 72.9 Å². The predicted octanol–water partition coefficient (Wildman–Crippen LogP) is 8.29. The van der Waals surface area contributed by atoms with Gasteiger partial charge in [0, 0.05) is 31.4 Å². The number of fused-ring (bicyclic) bond motifs is 1. The third-order valence-corrected chi connectivity index (χ3v) is 15.2. The van der Waals surface area contributed by atoms with Crippen molar-refractivity contribution in [2.45, 2.75) is 77.5 Å². The molecule has 4 rings (SSSR count). The van der Waals surface area contributed by atoms with Crippen LogP contribution in [-0.4, -0.2) is 61.6 Å². The molecule has 0 amide bonds. The highest BCUT2D eigenvalue weighted by Crippen LogP contribution is 2.41. The Bertz CT molecular complexity index is 1440. The van der Waals surface area contributed by atoms with Crippen molar-refractivity contribution < 1.29 is 17.9 Å². The van der Waals surface area contributed by atoms with E-state index >= 15 is 0 Å². The quantitative estimate of drug-likeness (QED) is 0.209. The maximum absolute atomic E-state index is 12.9. The molecule has 1 saturated heterocycles. The van der Waals surface area contributed by atoms with E-state index in [0.29, 0.717) is 34.2 Å². The smallest absolute Gasteiger partial charge is 0.404 e. The fourth-order valence-electron chi connectivity index (χ4n) is 6.32. The normalized spacial score (nSPS) is 17.0. The molecular formula is C31H40ClF3N4OSi. The van der Waals surface area contributed by atoms with E-state index < -0.39 is 20.2 Å². The van der Waals surface area contributed by atoms with Gasteiger partial charge in [-0.1, -0.05) is 53.1 Å². The van der Waals surface area contributed by atoms with Crippen LogP contribution in [0.5, 0.6) is 5.75 Å². The molecule has 41 heavy (non-hydrogen) atoms. The molecule has 1 aliphatic rings. The van der Waals surface area contributed by atoms with Gasteiger partial charge in [-0.25, -0.2) is 4.98 Å². The lowest BCUT2D eigenvalue weighted by atomic mass is 10.1. The van der Waals surface area contributed by atoms with Gasteiger partial charge in [0.2, 0.25) is 0 Å². The van der Waals surface area contributed by atoms with Crippen LogP contribution in [-0.2, 0) is 0 Å². The van der Waals surface area contributed by atoms with Crippen LogP contribution in [0, 0.1) is 11.5 Å². The highest BCUT2D eigenvalue weighted by molar-refractivity contribution is 6.90. The summed E-state index contributed by atoms with van der Waals surface area (Å²) in [6.07, 6.45) is -4.84. The summed E-state index contributed by atoms with van der Waals surface area (Å²) in [5, 5.41) is -0.139. The Balaban J connectivity index is 1.91. The van der Waals surface area contributed by atoms with Crippen molar-refractivity contribution in [1.82, 2.24) is 14.5 Å². The number of aromatic nitrogens is 2. The molecule has 1 aliphatic heterocycles. The molecule has 0 bridgehead atoms. The van der Waals surface area contributed by atoms with Gasteiger partial charge >= 0.3 is 6.36 Å². The van der Waals surface area contributed by atoms with Crippen LogP contribution < -0.4 is 9.64 Å². The van der Waals surface area contributed by atoms with E-state index in [1.165, 1.54) is 12.1 Å². The van der Waals surface area contributed by atoms with E-state index in [9.17, 15) is 13.2 Å². The highest BCUT2D eigenvalue weighted by Gasteiger charge is 2.42. The minimum atomic E-state index is -4.84. The first-order valence-electron chi connectivity index (χ1n) is 14.2. The number of nitrogens with zero attached hydrogens (tertiary/aromatic N) is 4. The zero-order valence-corrected chi connectivity index (χ0v) is 26.9. The van der Waals surface area contributed by atoms with Gasteiger partial charge in [-0.2, -0.15) is 0 Å². The zero-order valence-electron chi connectivity index (χ0n) is 25.1. The monoisotopic (exact) mass is 604 g/mol. The maximum Gasteiger partial charge on any atom is 0.573 e. The van der Waals surface area contributed by atoms with Crippen LogP contribution in [0.3, 0.4) is 0 Å². The Hall–Kier alpha value is -2.67. The number of anilines is 1. The standard InChI is InChI=1S/C31H40ClF3N4OSi/c1-20(2)41(21(3)4,22(5)6)16-13-30-36-27-11-9-24(38-15-14-37(8)23(7)19-38)18-28(27)39(30)25-10-12-29(26(32)17-25)40-31(33,34)35/h9-12,17-18,20-23H,14-15,19H2,1-8H3. The van der Waals surface area contributed by atoms with E-state index in [4.69, 9.17) is 16.6 Å². The van der Waals surface area contributed by atoms with Crippen molar-refractivity contribution in [3.63, 3.8) is 0 Å². The molecule has 1 aromatic heterocycles. The van der Waals surface area contributed by atoms with Gasteiger partial charge in [0.05, 0.1) is 21.7 Å². The first-order chi connectivity index (χ1) is 19.1. The van der Waals surface area contributed by atoms with Crippen molar-refractivity contribution in [3.05, 3.63) is 47.2 Å². The molecule has 0 aliphatic carbocycles. The van der Waals surface area contributed by atoms with Gasteiger partial charge in [-0.15, -0.1) is 18.7 Å². The summed E-state index contributed by atoms with van der Waals surface area (Å²) in [5.74, 6) is 3.56. The molecule has 2 aromatic carbocycles. The summed E-state index contributed by atoms with van der Waals surface area (Å²) in [4.78, 5) is 9.62. The Morgan fingerprint density at radius 3 is 2.17 bits per heavy atom. The lowest BCUT2D eigenvalue weighted by Gasteiger charge is -2.39. The third kappa shape index (κ3) is 6.40. The maximum atomic E-state index is 12.9. The van der Waals surface area contributed by atoms with E-state index in [0.717, 1.165) is 36.4 Å². The summed E-state index contributed by atoms with van der Waals surface area (Å²) in [5.41, 5.74) is 8.29. The summed E-state index contributed by atoms with van der Waals surface area (Å²) >= 11 is 6.31. The van der Waals surface area contributed by atoms with E-state index in [2.05, 4.69) is 93.6 Å². The number of piperazine rings is 1. The average molecular weight is 605 g/mol. The Labute approximate surface area is 247 Å². The number of halogens is 4. The van der Waals surface area contributed by atoms with Gasteiger partial charge in [0.15, 0.2) is 5.82 Å². The van der Waals surface area contributed by atoms with Crippen LogP contribution in [0.2, 0.25) is 21.6 Å². The van der Waals surface area contributed by atoms with E-state index in [1.54, 1.807) is 6.07 Å². The number of rotatable bonds is 6. The topological polar surface area (TPSA) is 33.5 Å². The van der Waals surface area contributed by atoms with Gasteiger partial charge in [0.1, 0.15) is 13.8 Å². The van der Waals surface area contributed by atoms with Crippen molar-refractivity contribution in [3.8, 4) is 22.9 Å². The van der Waals surface area contributed by atoms with Crippen LogP contribution in [0.25, 0.3) is 16.7 Å². The number of likely N-dealkylation sites (N-methyl/N-ethyl adjacent to an activating group) is 1. The predicted molar refractivity (Wildman–Crippen MR) is 165 cm³/mol. The average Bonchev–Trinajstić information content (AvgIpc) is 3.23. The van der Waals surface area contributed by atoms with Gasteiger partial charge in [0.25, 0.3) is 0 Å². The molecule has 0 radical (unpaired) electrons. The number of ether oxygens (including phenoxy) is 1. The Kier molecular flexibility index (Phi) is 9.08. The van der Waals surface area contributed by atoms with Crippen LogP contribution in [0.1, 0.15) is 54.3 Å². The Morgan fingerprint density at radius 2 is 1.61 bits per heavy atom. The largest absolute Gasteiger partial charge is 0.573 e. The fraction of sp³-hybridized carbons (Fsp3) is 0.516. The lowest BCUT2D eigenvalue weighted by molar-refractivity contribution is -0.274. The summed E-state index contributed by atoms with van der Waals surface area (Å²) in [7, 11) is 0.0547. The molecule has 5 nitrogen and oxygen atoms in total. The van der Waals surface area contributed by atoms with Gasteiger partial charge < -0.3 is 14.5 Å². The molecule has 0 saturated carbocycles. The second-order valence-corrected chi connectivity index (χ2v) is 18.0. The van der Waals surface area contributed by atoms with Crippen molar-refractivity contribution in [2.24, 2.45) is 0 Å². The number of hydrogen-bond acceptors (Lipinski definition) is 4. The first-order valence-corrected chi connectivity index (χ1v) is 16.8. The number of benzene rings is 2. The molecule has 0 N–H and O–H groups in total. The minimum Gasteiger partial charge on any atom is -0.404 e. The van der Waals surface area contributed by atoms with Gasteiger partial charge in [-0.3, -0.25) is 4.57 Å². The molecule has 1 atom stereocenters. The fourth-order valence-corrected chi connectivity index (χ4v) is 11.7. The number of hydrogen-bond donors (Lipinski definition) is 0. The van der Waals surface area contributed by atoms with Crippen molar-refractivity contribution >= 4 is 36.4 Å². The lowest BCUT2D eigenvalue weighted by Crippen LogP contribution is -2.50. The van der Waals surface area contributed by atoms with Crippen molar-refractivity contribution in [1.29, 1.82) is 0 Å². The highest BCUT2D eigenvalue weighted by atomic mass is 35.5. The van der Waals surface area contributed by atoms with Crippen LogP contribution in [0.15, 0.2) is 36.4 Å². The molecule has 222 valence electrons. The van der Waals surface area contributed by atoms with Crippen molar-refractivity contribution in [2.75, 3.05) is 31.6 Å². The summed E-state index contributed by atoms with van der Waals surface area (Å²) in [6, 6.07) is 10.9. The number of imidazole rings is 1. The minimum absolute atomic E-state index is 0.139. The second-order valence-electron chi connectivity index (χ2n) is 12.0. The van der Waals surface area contributed by atoms with E-state index in [1.807, 2.05) is 10.6 Å². The van der Waals surface area contributed by atoms with Crippen LogP contribution >= 0.6 is 11.6 Å². The molecule has 10 heteroatoms. The number of alkyl halides is 3. The molecule has 0 spiro atoms. The molecule has 1 fully saturated rings. The SMILES string of the molecule is CC1CN(c2ccc3nc(C#C[Si](C(C)C)(C(C)C)C(C)C)n(-c4ccc(OC(F)(F)F)c(Cl)c4)c3c2)CCN1C. The molecule has 3 aromatic rings.